The molecule has 31 heavy (non-hydrogen) atoms. The molecule has 0 atom stereocenters. The van der Waals surface area contributed by atoms with Gasteiger partial charge in [0.25, 0.3) is 5.91 Å². The maximum atomic E-state index is 12.8. The van der Waals surface area contributed by atoms with Gasteiger partial charge in [0.05, 0.1) is 12.1 Å². The standard InChI is InChI=1S/C21H16F3N5O2/c22-21(23,24)16-8-4-7-15(13-16)20(30)25-11-12-31-18-10-9-17-26-27-19(29(17)28-18)14-5-2-1-3-6-14/h1-10,13H,11-12H2,(H,25,30). The fourth-order valence-electron chi connectivity index (χ4n) is 2.88. The third-order valence-electron chi connectivity index (χ3n) is 4.36. The maximum Gasteiger partial charge on any atom is 0.416 e. The minimum atomic E-state index is -4.51. The summed E-state index contributed by atoms with van der Waals surface area (Å²) in [6.07, 6.45) is -4.51. The summed E-state index contributed by atoms with van der Waals surface area (Å²) < 4.78 is 45.4. The number of ether oxygens (including phenoxy) is 1. The number of hydrogen-bond acceptors (Lipinski definition) is 5. The van der Waals surface area contributed by atoms with Crippen LogP contribution in [0.1, 0.15) is 15.9 Å². The zero-order chi connectivity index (χ0) is 21.8. The number of benzene rings is 2. The van der Waals surface area contributed by atoms with Gasteiger partial charge >= 0.3 is 6.18 Å². The van der Waals surface area contributed by atoms with Gasteiger partial charge < -0.3 is 10.1 Å². The van der Waals surface area contributed by atoms with Gasteiger partial charge in [-0.2, -0.15) is 17.7 Å². The molecule has 1 amide bonds. The Morgan fingerprint density at radius 1 is 1.00 bits per heavy atom. The van der Waals surface area contributed by atoms with Gasteiger partial charge in [0, 0.05) is 17.2 Å². The lowest BCUT2D eigenvalue weighted by Crippen LogP contribution is -2.28. The molecule has 2 heterocycles. The van der Waals surface area contributed by atoms with Crippen molar-refractivity contribution < 1.29 is 22.7 Å². The predicted molar refractivity (Wildman–Crippen MR) is 105 cm³/mol. The molecule has 2 aromatic carbocycles. The molecule has 0 bridgehead atoms. The summed E-state index contributed by atoms with van der Waals surface area (Å²) in [5, 5.41) is 15.1. The normalized spacial score (nSPS) is 11.5. The van der Waals surface area contributed by atoms with E-state index in [-0.39, 0.29) is 24.6 Å². The van der Waals surface area contributed by atoms with Crippen molar-refractivity contribution in [1.82, 2.24) is 25.1 Å². The Morgan fingerprint density at radius 3 is 2.58 bits per heavy atom. The van der Waals surface area contributed by atoms with E-state index in [1.807, 2.05) is 30.3 Å². The number of rotatable bonds is 6. The minimum Gasteiger partial charge on any atom is -0.475 e. The van der Waals surface area contributed by atoms with Crippen molar-refractivity contribution in [1.29, 1.82) is 0 Å². The lowest BCUT2D eigenvalue weighted by atomic mass is 10.1. The Morgan fingerprint density at radius 2 is 1.81 bits per heavy atom. The van der Waals surface area contributed by atoms with Gasteiger partial charge in [0.2, 0.25) is 5.88 Å². The smallest absolute Gasteiger partial charge is 0.416 e. The summed E-state index contributed by atoms with van der Waals surface area (Å²) in [6.45, 7) is 0.161. The largest absolute Gasteiger partial charge is 0.475 e. The molecule has 1 N–H and O–H groups in total. The molecular formula is C21H16F3N5O2. The molecule has 0 aliphatic carbocycles. The van der Waals surface area contributed by atoms with E-state index in [2.05, 4.69) is 20.6 Å². The summed E-state index contributed by atoms with van der Waals surface area (Å²) in [5.41, 5.74) is 0.431. The first kappa shape index (κ1) is 20.3. The molecule has 4 rings (SSSR count). The number of halogens is 3. The lowest BCUT2D eigenvalue weighted by Gasteiger charge is -2.10. The summed E-state index contributed by atoms with van der Waals surface area (Å²) >= 11 is 0. The van der Waals surface area contributed by atoms with Gasteiger partial charge in [-0.1, -0.05) is 36.4 Å². The molecule has 2 aromatic heterocycles. The first-order valence-corrected chi connectivity index (χ1v) is 9.28. The van der Waals surface area contributed by atoms with E-state index in [1.54, 1.807) is 16.6 Å². The number of amides is 1. The predicted octanol–water partition coefficient (Wildman–Crippen LogP) is 3.62. The first-order valence-electron chi connectivity index (χ1n) is 9.28. The van der Waals surface area contributed by atoms with E-state index in [0.29, 0.717) is 11.5 Å². The highest BCUT2D eigenvalue weighted by molar-refractivity contribution is 5.94. The van der Waals surface area contributed by atoms with Gasteiger partial charge in [-0.05, 0) is 24.3 Å². The van der Waals surface area contributed by atoms with E-state index < -0.39 is 17.6 Å². The number of carbonyl (C=O) groups excluding carboxylic acids is 1. The molecule has 10 heteroatoms. The Balaban J connectivity index is 1.37. The van der Waals surface area contributed by atoms with Crippen LogP contribution < -0.4 is 10.1 Å². The highest BCUT2D eigenvalue weighted by Crippen LogP contribution is 2.29. The molecule has 0 aliphatic rings. The third-order valence-corrected chi connectivity index (χ3v) is 4.36. The second kappa shape index (κ2) is 8.42. The van der Waals surface area contributed by atoms with Crippen LogP contribution in [0.3, 0.4) is 0 Å². The number of hydrogen-bond donors (Lipinski definition) is 1. The Labute approximate surface area is 174 Å². The number of alkyl halides is 3. The third kappa shape index (κ3) is 4.63. The first-order chi connectivity index (χ1) is 14.9. The molecule has 7 nitrogen and oxygen atoms in total. The molecule has 0 spiro atoms. The zero-order valence-corrected chi connectivity index (χ0v) is 16.0. The summed E-state index contributed by atoms with van der Waals surface area (Å²) in [4.78, 5) is 12.1. The molecule has 158 valence electrons. The van der Waals surface area contributed by atoms with Gasteiger partial charge in [0.15, 0.2) is 11.5 Å². The van der Waals surface area contributed by atoms with E-state index in [4.69, 9.17) is 4.74 Å². The van der Waals surface area contributed by atoms with Crippen LogP contribution in [-0.4, -0.2) is 38.9 Å². The fraction of sp³-hybridized carbons (Fsp3) is 0.143. The van der Waals surface area contributed by atoms with Crippen molar-refractivity contribution in [2.75, 3.05) is 13.2 Å². The van der Waals surface area contributed by atoms with E-state index in [0.717, 1.165) is 17.7 Å². The van der Waals surface area contributed by atoms with E-state index in [9.17, 15) is 18.0 Å². The second-order valence-electron chi connectivity index (χ2n) is 6.51. The average molecular weight is 427 g/mol. The number of aromatic nitrogens is 4. The highest BCUT2D eigenvalue weighted by atomic mass is 19.4. The van der Waals surface area contributed by atoms with Crippen LogP contribution >= 0.6 is 0 Å². The summed E-state index contributed by atoms with van der Waals surface area (Å²) in [5.74, 6) is 0.222. The van der Waals surface area contributed by atoms with Crippen LogP contribution in [0.15, 0.2) is 66.7 Å². The Hall–Kier alpha value is -3.95. The highest BCUT2D eigenvalue weighted by Gasteiger charge is 2.30. The quantitative estimate of drug-likeness (QED) is 0.476. The lowest BCUT2D eigenvalue weighted by molar-refractivity contribution is -0.137. The van der Waals surface area contributed by atoms with Crippen molar-refractivity contribution in [3.8, 4) is 17.3 Å². The van der Waals surface area contributed by atoms with Crippen molar-refractivity contribution in [2.45, 2.75) is 6.18 Å². The monoisotopic (exact) mass is 427 g/mol. The summed E-state index contributed by atoms with van der Waals surface area (Å²) in [7, 11) is 0. The molecule has 0 saturated heterocycles. The topological polar surface area (TPSA) is 81.4 Å². The van der Waals surface area contributed by atoms with Crippen LogP contribution in [0.4, 0.5) is 13.2 Å². The summed E-state index contributed by atoms with van der Waals surface area (Å²) in [6, 6.07) is 17.0. The van der Waals surface area contributed by atoms with Crippen LogP contribution in [0.5, 0.6) is 5.88 Å². The molecule has 4 aromatic rings. The van der Waals surface area contributed by atoms with Crippen LogP contribution in [-0.2, 0) is 6.18 Å². The van der Waals surface area contributed by atoms with E-state index in [1.165, 1.54) is 12.1 Å². The molecule has 0 fully saturated rings. The molecular weight excluding hydrogens is 411 g/mol. The molecule has 0 radical (unpaired) electrons. The number of nitrogens with zero attached hydrogens (tertiary/aromatic N) is 4. The SMILES string of the molecule is O=C(NCCOc1ccc2nnc(-c3ccccc3)n2n1)c1cccc(C(F)(F)F)c1. The average Bonchev–Trinajstić information content (AvgIpc) is 3.20. The van der Waals surface area contributed by atoms with Crippen LogP contribution in [0.25, 0.3) is 17.0 Å². The number of nitrogens with one attached hydrogen (secondary N) is 1. The fourth-order valence-corrected chi connectivity index (χ4v) is 2.88. The van der Waals surface area contributed by atoms with Crippen molar-refractivity contribution in [3.05, 3.63) is 77.9 Å². The minimum absolute atomic E-state index is 0.0754. The Kier molecular flexibility index (Phi) is 5.52. The zero-order valence-electron chi connectivity index (χ0n) is 16.0. The van der Waals surface area contributed by atoms with Crippen LogP contribution in [0.2, 0.25) is 0 Å². The van der Waals surface area contributed by atoms with Gasteiger partial charge in [-0.25, -0.2) is 0 Å². The molecule has 0 unspecified atom stereocenters. The van der Waals surface area contributed by atoms with Gasteiger partial charge in [-0.3, -0.25) is 4.79 Å². The van der Waals surface area contributed by atoms with Crippen LogP contribution in [0, 0.1) is 0 Å². The molecule has 0 aliphatic heterocycles. The number of fused-ring (bicyclic) bond motifs is 1. The Bertz CT molecular complexity index is 1210. The number of carbonyl (C=O) groups is 1. The van der Waals surface area contributed by atoms with Crippen molar-refractivity contribution in [2.24, 2.45) is 0 Å². The van der Waals surface area contributed by atoms with Gasteiger partial charge in [0.1, 0.15) is 6.61 Å². The van der Waals surface area contributed by atoms with Crippen molar-refractivity contribution >= 4 is 11.6 Å². The van der Waals surface area contributed by atoms with Gasteiger partial charge in [-0.15, -0.1) is 15.3 Å². The second-order valence-corrected chi connectivity index (χ2v) is 6.51. The van der Waals surface area contributed by atoms with E-state index >= 15 is 0 Å². The molecule has 0 saturated carbocycles. The maximum absolute atomic E-state index is 12.8. The van der Waals surface area contributed by atoms with Crippen molar-refractivity contribution in [3.63, 3.8) is 0 Å².